The van der Waals surface area contributed by atoms with Crippen molar-refractivity contribution in [2.45, 2.75) is 0 Å². The van der Waals surface area contributed by atoms with Gasteiger partial charge in [0.25, 0.3) is 0 Å². The molecule has 0 aliphatic heterocycles. The topological polar surface area (TPSA) is 26.0 Å². The molecule has 1 rings (SSSR count). The average Bonchev–Trinajstić information content (AvgIpc) is 2.43. The quantitative estimate of drug-likeness (QED) is 0.810. The third kappa shape index (κ3) is 1.68. The van der Waals surface area contributed by atoms with E-state index >= 15 is 0 Å². The molecular weight excluding hydrogens is 210 g/mol. The van der Waals surface area contributed by atoms with Crippen molar-refractivity contribution in [2.75, 3.05) is 6.54 Å². The smallest absolute Gasteiger partial charge is 0.0320 e. The Balaban J connectivity index is 2.85. The van der Waals surface area contributed by atoms with E-state index in [1.807, 2.05) is 16.4 Å². The second-order valence-electron chi connectivity index (χ2n) is 1.82. The fourth-order valence-electron chi connectivity index (χ4n) is 0.660. The number of nitrogens with two attached hydrogens (primary N) is 1. The first kappa shape index (κ1) is 7.98. The Kier molecular flexibility index (Phi) is 3.12. The van der Waals surface area contributed by atoms with E-state index in [0.717, 1.165) is 5.57 Å². The normalized spacial score (nSPS) is 12.0. The van der Waals surface area contributed by atoms with Gasteiger partial charge in [0.1, 0.15) is 0 Å². The van der Waals surface area contributed by atoms with Crippen LogP contribution in [-0.2, 0) is 0 Å². The van der Waals surface area contributed by atoms with Gasteiger partial charge in [-0.1, -0.05) is 22.0 Å². The molecule has 0 fully saturated rings. The summed E-state index contributed by atoms with van der Waals surface area (Å²) < 4.78 is 0. The molecule has 10 heavy (non-hydrogen) atoms. The first-order valence-corrected chi connectivity index (χ1v) is 4.71. The van der Waals surface area contributed by atoms with Crippen LogP contribution in [0.4, 0.5) is 0 Å². The average molecular weight is 218 g/mol. The van der Waals surface area contributed by atoms with Gasteiger partial charge in [0.2, 0.25) is 0 Å². The molecule has 0 amide bonds. The fourth-order valence-corrected chi connectivity index (χ4v) is 2.00. The van der Waals surface area contributed by atoms with E-state index < -0.39 is 0 Å². The van der Waals surface area contributed by atoms with E-state index in [4.69, 9.17) is 5.73 Å². The minimum atomic E-state index is 0.589. The van der Waals surface area contributed by atoms with Crippen LogP contribution in [-0.4, -0.2) is 6.54 Å². The monoisotopic (exact) mass is 217 g/mol. The SMILES string of the molecule is NCC(=CBr)c1cccs1. The third-order valence-corrected chi connectivity index (χ3v) is 2.69. The number of halogens is 1. The summed E-state index contributed by atoms with van der Waals surface area (Å²) in [6.45, 7) is 0.589. The standard InChI is InChI=1S/C7H8BrNS/c8-4-6(5-9)7-2-1-3-10-7/h1-4H,5,9H2. The highest BCUT2D eigenvalue weighted by atomic mass is 79.9. The first-order chi connectivity index (χ1) is 4.88. The summed E-state index contributed by atoms with van der Waals surface area (Å²) in [7, 11) is 0. The fraction of sp³-hybridized carbons (Fsp3) is 0.143. The largest absolute Gasteiger partial charge is 0.326 e. The summed E-state index contributed by atoms with van der Waals surface area (Å²) >= 11 is 4.96. The van der Waals surface area contributed by atoms with E-state index in [-0.39, 0.29) is 0 Å². The molecule has 0 aliphatic rings. The van der Waals surface area contributed by atoms with Crippen molar-refractivity contribution in [3.63, 3.8) is 0 Å². The van der Waals surface area contributed by atoms with Gasteiger partial charge in [-0.05, 0) is 22.0 Å². The van der Waals surface area contributed by atoms with Crippen LogP contribution in [0, 0.1) is 0 Å². The second kappa shape index (κ2) is 3.91. The van der Waals surface area contributed by atoms with Crippen LogP contribution in [0.1, 0.15) is 4.88 Å². The lowest BCUT2D eigenvalue weighted by Crippen LogP contribution is -1.99. The Bertz CT molecular complexity index is 216. The summed E-state index contributed by atoms with van der Waals surface area (Å²) in [4.78, 5) is 3.11. The zero-order valence-electron chi connectivity index (χ0n) is 5.38. The van der Waals surface area contributed by atoms with E-state index in [1.165, 1.54) is 4.88 Å². The van der Waals surface area contributed by atoms with Crippen LogP contribution in [0.5, 0.6) is 0 Å². The molecule has 0 saturated carbocycles. The molecule has 1 heterocycles. The number of hydrogen-bond donors (Lipinski definition) is 1. The van der Waals surface area contributed by atoms with Crippen LogP contribution in [0.2, 0.25) is 0 Å². The Morgan fingerprint density at radius 1 is 1.80 bits per heavy atom. The molecule has 1 aromatic rings. The van der Waals surface area contributed by atoms with Gasteiger partial charge in [0.15, 0.2) is 0 Å². The van der Waals surface area contributed by atoms with Gasteiger partial charge in [-0.2, -0.15) is 0 Å². The highest BCUT2D eigenvalue weighted by Crippen LogP contribution is 2.19. The highest BCUT2D eigenvalue weighted by molar-refractivity contribution is 9.11. The third-order valence-electron chi connectivity index (χ3n) is 1.19. The van der Waals surface area contributed by atoms with Gasteiger partial charge in [-0.15, -0.1) is 11.3 Å². The molecule has 0 saturated heterocycles. The van der Waals surface area contributed by atoms with Gasteiger partial charge < -0.3 is 5.73 Å². The highest BCUT2D eigenvalue weighted by Gasteiger charge is 1.97. The van der Waals surface area contributed by atoms with Gasteiger partial charge in [-0.3, -0.25) is 0 Å². The maximum absolute atomic E-state index is 5.48. The van der Waals surface area contributed by atoms with Gasteiger partial charge in [0, 0.05) is 11.4 Å². The van der Waals surface area contributed by atoms with E-state index in [1.54, 1.807) is 11.3 Å². The molecule has 0 unspecified atom stereocenters. The molecule has 0 bridgehead atoms. The molecule has 0 aromatic carbocycles. The Labute approximate surface area is 72.7 Å². The second-order valence-corrected chi connectivity index (χ2v) is 3.22. The van der Waals surface area contributed by atoms with Crippen molar-refractivity contribution in [1.82, 2.24) is 0 Å². The molecule has 3 heteroatoms. The number of rotatable bonds is 2. The minimum absolute atomic E-state index is 0.589. The first-order valence-electron chi connectivity index (χ1n) is 2.91. The summed E-state index contributed by atoms with van der Waals surface area (Å²) in [6.07, 6.45) is 0. The zero-order valence-corrected chi connectivity index (χ0v) is 7.78. The summed E-state index contributed by atoms with van der Waals surface area (Å²) in [6, 6.07) is 4.08. The minimum Gasteiger partial charge on any atom is -0.326 e. The van der Waals surface area contributed by atoms with Crippen LogP contribution in [0.25, 0.3) is 5.57 Å². The Morgan fingerprint density at radius 2 is 2.60 bits per heavy atom. The maximum Gasteiger partial charge on any atom is 0.0320 e. The van der Waals surface area contributed by atoms with Crippen molar-refractivity contribution in [1.29, 1.82) is 0 Å². The lowest BCUT2D eigenvalue weighted by molar-refractivity contribution is 1.28. The number of hydrogen-bond acceptors (Lipinski definition) is 2. The lowest BCUT2D eigenvalue weighted by atomic mass is 10.2. The number of thiophene rings is 1. The van der Waals surface area contributed by atoms with Crippen LogP contribution >= 0.6 is 27.3 Å². The molecule has 0 spiro atoms. The predicted molar refractivity (Wildman–Crippen MR) is 50.3 cm³/mol. The molecular formula is C7H8BrNS. The molecule has 1 nitrogen and oxygen atoms in total. The van der Waals surface area contributed by atoms with Crippen LogP contribution in [0.15, 0.2) is 22.5 Å². The van der Waals surface area contributed by atoms with Crippen molar-refractivity contribution >= 4 is 32.8 Å². The van der Waals surface area contributed by atoms with Crippen LogP contribution < -0.4 is 5.73 Å². The molecule has 1 aromatic heterocycles. The molecule has 0 atom stereocenters. The van der Waals surface area contributed by atoms with Crippen molar-refractivity contribution < 1.29 is 0 Å². The van der Waals surface area contributed by atoms with Crippen molar-refractivity contribution in [3.8, 4) is 0 Å². The van der Waals surface area contributed by atoms with Crippen molar-refractivity contribution in [2.24, 2.45) is 5.73 Å². The summed E-state index contributed by atoms with van der Waals surface area (Å²) in [5.41, 5.74) is 6.63. The molecule has 0 radical (unpaired) electrons. The summed E-state index contributed by atoms with van der Waals surface area (Å²) in [5, 5.41) is 2.04. The summed E-state index contributed by atoms with van der Waals surface area (Å²) in [5.74, 6) is 0. The van der Waals surface area contributed by atoms with Gasteiger partial charge in [0.05, 0.1) is 0 Å². The molecule has 2 N–H and O–H groups in total. The zero-order chi connectivity index (χ0) is 7.40. The molecule has 54 valence electrons. The maximum atomic E-state index is 5.48. The molecule has 0 aliphatic carbocycles. The van der Waals surface area contributed by atoms with Gasteiger partial charge in [-0.25, -0.2) is 0 Å². The Hall–Kier alpha value is -0.120. The Morgan fingerprint density at radius 3 is 3.00 bits per heavy atom. The van der Waals surface area contributed by atoms with E-state index in [9.17, 15) is 0 Å². The van der Waals surface area contributed by atoms with E-state index in [2.05, 4.69) is 22.0 Å². The predicted octanol–water partition coefficient (Wildman–Crippen LogP) is 2.44. The van der Waals surface area contributed by atoms with Gasteiger partial charge >= 0.3 is 0 Å². The van der Waals surface area contributed by atoms with Crippen LogP contribution in [0.3, 0.4) is 0 Å². The van der Waals surface area contributed by atoms with E-state index in [0.29, 0.717) is 6.54 Å². The lowest BCUT2D eigenvalue weighted by Gasteiger charge is -1.96. The van der Waals surface area contributed by atoms with Crippen molar-refractivity contribution in [3.05, 3.63) is 27.4 Å².